The molecule has 2 rings (SSSR count). The van der Waals surface area contributed by atoms with E-state index in [2.05, 4.69) is 4.90 Å². The number of furan rings is 1. The highest BCUT2D eigenvalue weighted by Crippen LogP contribution is 2.20. The summed E-state index contributed by atoms with van der Waals surface area (Å²) >= 11 is 5.59. The summed E-state index contributed by atoms with van der Waals surface area (Å²) in [4.78, 5) is 2.10. The molecule has 0 unspecified atom stereocenters. The molecule has 0 aromatic carbocycles. The maximum atomic E-state index is 12.2. The lowest BCUT2D eigenvalue weighted by molar-refractivity contribution is 0.219. The lowest BCUT2D eigenvalue weighted by Gasteiger charge is -2.30. The van der Waals surface area contributed by atoms with E-state index in [9.17, 15) is 8.42 Å². The predicted molar refractivity (Wildman–Crippen MR) is 64.5 cm³/mol. The second-order valence-corrected chi connectivity index (χ2v) is 6.20. The minimum Gasteiger partial charge on any atom is -0.447 e. The minimum absolute atomic E-state index is 0.0160. The second-order valence-electron chi connectivity index (χ2n) is 4.06. The van der Waals surface area contributed by atoms with Crippen molar-refractivity contribution in [3.63, 3.8) is 0 Å². The van der Waals surface area contributed by atoms with Gasteiger partial charge in [-0.3, -0.25) is 0 Å². The van der Waals surface area contributed by atoms with Gasteiger partial charge < -0.3 is 9.32 Å². The second kappa shape index (κ2) is 4.97. The van der Waals surface area contributed by atoms with Crippen LogP contribution in [-0.4, -0.2) is 50.8 Å². The average molecular weight is 279 g/mol. The van der Waals surface area contributed by atoms with Crippen LogP contribution >= 0.6 is 11.6 Å². The molecule has 7 heteroatoms. The Bertz CT molecular complexity index is 477. The summed E-state index contributed by atoms with van der Waals surface area (Å²) in [6.07, 6.45) is 0. The molecule has 96 valence electrons. The first-order valence-corrected chi connectivity index (χ1v) is 7.35. The third-order valence-corrected chi connectivity index (χ3v) is 4.86. The van der Waals surface area contributed by atoms with Gasteiger partial charge in [-0.05, 0) is 19.2 Å². The number of hydrogen-bond acceptors (Lipinski definition) is 4. The van der Waals surface area contributed by atoms with Crippen LogP contribution in [0.4, 0.5) is 0 Å². The van der Waals surface area contributed by atoms with Crippen LogP contribution in [0, 0.1) is 0 Å². The number of halogens is 1. The number of sulfonamides is 1. The molecule has 5 nitrogen and oxygen atoms in total. The van der Waals surface area contributed by atoms with Gasteiger partial charge in [-0.25, -0.2) is 8.42 Å². The highest BCUT2D eigenvalue weighted by Gasteiger charge is 2.29. The fourth-order valence-corrected chi connectivity index (χ4v) is 3.22. The Balaban J connectivity index is 2.18. The monoisotopic (exact) mass is 278 g/mol. The van der Waals surface area contributed by atoms with Crippen molar-refractivity contribution >= 4 is 21.6 Å². The van der Waals surface area contributed by atoms with Gasteiger partial charge in [0.05, 0.1) is 5.88 Å². The van der Waals surface area contributed by atoms with Crippen LogP contribution < -0.4 is 0 Å². The van der Waals surface area contributed by atoms with Crippen molar-refractivity contribution in [3.05, 3.63) is 17.9 Å². The minimum atomic E-state index is -3.49. The van der Waals surface area contributed by atoms with E-state index in [1.807, 2.05) is 7.05 Å². The van der Waals surface area contributed by atoms with Crippen LogP contribution in [0.3, 0.4) is 0 Å². The van der Waals surface area contributed by atoms with Gasteiger partial charge in [0.25, 0.3) is 10.0 Å². The Morgan fingerprint density at radius 3 is 2.47 bits per heavy atom. The van der Waals surface area contributed by atoms with Crippen LogP contribution in [0.1, 0.15) is 5.76 Å². The SMILES string of the molecule is CN1CCN(S(=O)(=O)c2ccc(CCl)o2)CC1. The lowest BCUT2D eigenvalue weighted by atomic mass is 10.4. The standard InChI is InChI=1S/C10H15ClN2O3S/c1-12-4-6-13(7-5-12)17(14,15)10-3-2-9(8-11)16-10/h2-3H,4-8H2,1H3. The van der Waals surface area contributed by atoms with Gasteiger partial charge in [0.1, 0.15) is 5.76 Å². The molecule has 1 aromatic rings. The number of nitrogens with zero attached hydrogens (tertiary/aromatic N) is 2. The first kappa shape index (κ1) is 12.9. The van der Waals surface area contributed by atoms with Crippen molar-refractivity contribution in [2.24, 2.45) is 0 Å². The Hall–Kier alpha value is -0.560. The Morgan fingerprint density at radius 2 is 1.94 bits per heavy atom. The van der Waals surface area contributed by atoms with Crippen molar-refractivity contribution in [1.29, 1.82) is 0 Å². The van der Waals surface area contributed by atoms with E-state index in [4.69, 9.17) is 16.0 Å². The fourth-order valence-electron chi connectivity index (χ4n) is 1.72. The number of alkyl halides is 1. The fraction of sp³-hybridized carbons (Fsp3) is 0.600. The number of rotatable bonds is 3. The molecule has 0 N–H and O–H groups in total. The van der Waals surface area contributed by atoms with Gasteiger partial charge in [-0.2, -0.15) is 4.31 Å². The average Bonchev–Trinajstić information content (AvgIpc) is 2.78. The Morgan fingerprint density at radius 1 is 1.29 bits per heavy atom. The van der Waals surface area contributed by atoms with Crippen LogP contribution in [-0.2, 0) is 15.9 Å². The Labute approximate surface area is 106 Å². The van der Waals surface area contributed by atoms with E-state index in [0.29, 0.717) is 18.8 Å². The smallest absolute Gasteiger partial charge is 0.276 e. The highest BCUT2D eigenvalue weighted by molar-refractivity contribution is 7.89. The molecular formula is C10H15ClN2O3S. The van der Waals surface area contributed by atoms with Gasteiger partial charge in [-0.1, -0.05) is 0 Å². The summed E-state index contributed by atoms with van der Waals surface area (Å²) in [5.74, 6) is 0.650. The summed E-state index contributed by atoms with van der Waals surface area (Å²) < 4.78 is 31.0. The van der Waals surface area contributed by atoms with Crippen molar-refractivity contribution in [2.75, 3.05) is 33.2 Å². The van der Waals surface area contributed by atoms with E-state index >= 15 is 0 Å². The van der Waals surface area contributed by atoms with Crippen molar-refractivity contribution in [1.82, 2.24) is 9.21 Å². The summed E-state index contributed by atoms with van der Waals surface area (Å²) in [5.41, 5.74) is 0. The molecule has 17 heavy (non-hydrogen) atoms. The van der Waals surface area contributed by atoms with E-state index in [1.54, 1.807) is 6.07 Å². The molecule has 1 aliphatic heterocycles. The molecule has 0 atom stereocenters. The molecule has 1 aliphatic rings. The van der Waals surface area contributed by atoms with E-state index in [1.165, 1.54) is 10.4 Å². The largest absolute Gasteiger partial charge is 0.447 e. The summed E-state index contributed by atoms with van der Waals surface area (Å²) in [6.45, 7) is 2.47. The molecular weight excluding hydrogens is 264 g/mol. The van der Waals surface area contributed by atoms with Crippen LogP contribution in [0.5, 0.6) is 0 Å². The quantitative estimate of drug-likeness (QED) is 0.773. The van der Waals surface area contributed by atoms with Gasteiger partial charge in [0.2, 0.25) is 5.09 Å². The summed E-state index contributed by atoms with van der Waals surface area (Å²) in [6, 6.07) is 3.06. The van der Waals surface area contributed by atoms with E-state index in [-0.39, 0.29) is 11.0 Å². The zero-order valence-electron chi connectivity index (χ0n) is 9.60. The van der Waals surface area contributed by atoms with Crippen molar-refractivity contribution < 1.29 is 12.8 Å². The highest BCUT2D eigenvalue weighted by atomic mass is 35.5. The van der Waals surface area contributed by atoms with Gasteiger partial charge in [0, 0.05) is 26.2 Å². The van der Waals surface area contributed by atoms with Gasteiger partial charge in [-0.15, -0.1) is 11.6 Å². The van der Waals surface area contributed by atoms with E-state index in [0.717, 1.165) is 13.1 Å². The Kier molecular flexibility index (Phi) is 3.77. The topological polar surface area (TPSA) is 53.8 Å². The molecule has 0 amide bonds. The normalized spacial score (nSPS) is 19.6. The first-order chi connectivity index (χ1) is 8.04. The van der Waals surface area contributed by atoms with Crippen LogP contribution in [0.15, 0.2) is 21.6 Å². The maximum absolute atomic E-state index is 12.2. The van der Waals surface area contributed by atoms with Crippen LogP contribution in [0.2, 0.25) is 0 Å². The summed E-state index contributed by atoms with van der Waals surface area (Å²) in [5, 5.41) is -0.0160. The number of hydrogen-bond donors (Lipinski definition) is 0. The molecule has 0 radical (unpaired) electrons. The molecule has 0 spiro atoms. The number of piperazine rings is 1. The molecule has 0 aliphatic carbocycles. The predicted octanol–water partition coefficient (Wildman–Crippen LogP) is 0.954. The van der Waals surface area contributed by atoms with E-state index < -0.39 is 10.0 Å². The zero-order chi connectivity index (χ0) is 12.5. The molecule has 0 bridgehead atoms. The third kappa shape index (κ3) is 2.65. The molecule has 1 aromatic heterocycles. The maximum Gasteiger partial charge on any atom is 0.276 e. The molecule has 1 fully saturated rings. The molecule has 1 saturated heterocycles. The molecule has 0 saturated carbocycles. The first-order valence-electron chi connectivity index (χ1n) is 5.37. The summed E-state index contributed by atoms with van der Waals surface area (Å²) in [7, 11) is -1.52. The third-order valence-electron chi connectivity index (χ3n) is 2.83. The van der Waals surface area contributed by atoms with Crippen LogP contribution in [0.25, 0.3) is 0 Å². The van der Waals surface area contributed by atoms with Crippen molar-refractivity contribution in [3.8, 4) is 0 Å². The lowest BCUT2D eigenvalue weighted by Crippen LogP contribution is -2.46. The van der Waals surface area contributed by atoms with Gasteiger partial charge in [0.15, 0.2) is 0 Å². The van der Waals surface area contributed by atoms with Crippen molar-refractivity contribution in [2.45, 2.75) is 11.0 Å². The number of likely N-dealkylation sites (N-methyl/N-ethyl adjacent to an activating group) is 1. The molecule has 2 heterocycles. The van der Waals surface area contributed by atoms with Gasteiger partial charge >= 0.3 is 0 Å². The zero-order valence-corrected chi connectivity index (χ0v) is 11.2.